The number of nitrogens with one attached hydrogen (secondary N) is 1. The number of rotatable bonds is 2. The maximum Gasteiger partial charge on any atom is 0.294 e. The molecule has 60 valence electrons. The van der Waals surface area contributed by atoms with Crippen molar-refractivity contribution in [2.45, 2.75) is 5.75 Å². The second-order valence-corrected chi connectivity index (χ2v) is 2.95. The van der Waals surface area contributed by atoms with Crippen LogP contribution in [0.4, 0.5) is 0 Å². The first-order valence-electron chi connectivity index (χ1n) is 2.84. The van der Waals surface area contributed by atoms with Crippen molar-refractivity contribution in [2.75, 3.05) is 0 Å². The Morgan fingerprint density at radius 1 is 1.91 bits per heavy atom. The Morgan fingerprint density at radius 3 is 3.09 bits per heavy atom. The molecule has 1 rings (SSSR count). The van der Waals surface area contributed by atoms with E-state index in [1.807, 2.05) is 5.43 Å². The summed E-state index contributed by atoms with van der Waals surface area (Å²) >= 11 is 5.26. The maximum absolute atomic E-state index is 10.8. The van der Waals surface area contributed by atoms with Gasteiger partial charge in [-0.25, -0.2) is 10.8 Å². The highest BCUT2D eigenvalue weighted by Crippen LogP contribution is 2.10. The lowest BCUT2D eigenvalue weighted by atomic mass is 10.5. The third kappa shape index (κ3) is 1.92. The molecule has 1 heterocycles. The van der Waals surface area contributed by atoms with E-state index in [1.54, 1.807) is 5.38 Å². The summed E-state index contributed by atoms with van der Waals surface area (Å²) in [4.78, 5) is 14.8. The van der Waals surface area contributed by atoms with Crippen molar-refractivity contribution in [1.82, 2.24) is 10.4 Å². The Hall–Kier alpha value is -0.590. The van der Waals surface area contributed by atoms with Crippen molar-refractivity contribution in [3.05, 3.63) is 16.1 Å². The monoisotopic (exact) mass is 189 g/mol. The fourth-order valence-corrected chi connectivity index (χ4v) is 1.55. The molecule has 0 saturated heterocycles. The second-order valence-electron chi connectivity index (χ2n) is 1.78. The molecule has 0 spiro atoms. The Kier molecular flexibility index (Phi) is 2.86. The largest absolute Gasteiger partial charge is 0.294 e. The molecular weight excluding hydrogens is 182 g/mol. The van der Waals surface area contributed by atoms with E-state index in [4.69, 9.17) is 5.84 Å². The minimum atomic E-state index is -0.358. The van der Waals surface area contributed by atoms with E-state index in [9.17, 15) is 4.79 Å². The van der Waals surface area contributed by atoms with Gasteiger partial charge in [0, 0.05) is 11.1 Å². The average molecular weight is 189 g/mol. The predicted octanol–water partition coefficient (Wildman–Crippen LogP) is 0.176. The molecule has 1 aromatic heterocycles. The SMILES string of the molecule is NNC(=O)c1nc(CS)cs1. The molecule has 4 nitrogen and oxygen atoms in total. The van der Waals surface area contributed by atoms with Gasteiger partial charge < -0.3 is 0 Å². The third-order valence-corrected chi connectivity index (χ3v) is 2.25. The van der Waals surface area contributed by atoms with Crippen LogP contribution in [-0.2, 0) is 5.75 Å². The van der Waals surface area contributed by atoms with Gasteiger partial charge in [-0.05, 0) is 0 Å². The van der Waals surface area contributed by atoms with Gasteiger partial charge in [0.1, 0.15) is 0 Å². The normalized spacial score (nSPS) is 9.64. The van der Waals surface area contributed by atoms with E-state index in [-0.39, 0.29) is 5.91 Å². The van der Waals surface area contributed by atoms with Crippen molar-refractivity contribution in [3.8, 4) is 0 Å². The van der Waals surface area contributed by atoms with E-state index in [0.717, 1.165) is 5.69 Å². The molecule has 0 aliphatic rings. The predicted molar refractivity (Wildman–Crippen MR) is 46.5 cm³/mol. The number of aromatic nitrogens is 1. The molecule has 3 N–H and O–H groups in total. The number of hydrogen-bond donors (Lipinski definition) is 3. The molecule has 1 amide bonds. The lowest BCUT2D eigenvalue weighted by molar-refractivity contribution is 0.0953. The number of hydrogen-bond acceptors (Lipinski definition) is 5. The van der Waals surface area contributed by atoms with Gasteiger partial charge in [-0.2, -0.15) is 12.6 Å². The first kappa shape index (κ1) is 8.51. The van der Waals surface area contributed by atoms with E-state index >= 15 is 0 Å². The number of thiol groups is 1. The zero-order chi connectivity index (χ0) is 8.27. The number of carbonyl (C=O) groups excluding carboxylic acids is 1. The van der Waals surface area contributed by atoms with Crippen LogP contribution in [-0.4, -0.2) is 10.9 Å². The van der Waals surface area contributed by atoms with Crippen LogP contribution >= 0.6 is 24.0 Å². The van der Waals surface area contributed by atoms with Gasteiger partial charge in [0.25, 0.3) is 5.91 Å². The van der Waals surface area contributed by atoms with Gasteiger partial charge in [0.2, 0.25) is 0 Å². The Balaban J connectivity index is 2.80. The van der Waals surface area contributed by atoms with Crippen LogP contribution in [0.25, 0.3) is 0 Å². The minimum absolute atomic E-state index is 0.358. The molecule has 11 heavy (non-hydrogen) atoms. The fraction of sp³-hybridized carbons (Fsp3) is 0.200. The molecule has 0 aromatic carbocycles. The van der Waals surface area contributed by atoms with E-state index < -0.39 is 0 Å². The van der Waals surface area contributed by atoms with Gasteiger partial charge in [0.15, 0.2) is 5.01 Å². The molecule has 0 fully saturated rings. The van der Waals surface area contributed by atoms with Crippen LogP contribution in [0.1, 0.15) is 15.5 Å². The third-order valence-electron chi connectivity index (χ3n) is 1.04. The van der Waals surface area contributed by atoms with E-state index in [1.165, 1.54) is 11.3 Å². The molecular formula is C5H7N3OS2. The fourth-order valence-electron chi connectivity index (χ4n) is 0.546. The molecule has 0 radical (unpaired) electrons. The summed E-state index contributed by atoms with van der Waals surface area (Å²) in [6, 6.07) is 0. The van der Waals surface area contributed by atoms with Crippen LogP contribution in [0.3, 0.4) is 0 Å². The molecule has 0 unspecified atom stereocenters. The number of hydrazine groups is 1. The van der Waals surface area contributed by atoms with Crippen LogP contribution in [0.5, 0.6) is 0 Å². The molecule has 0 aliphatic carbocycles. The van der Waals surface area contributed by atoms with Gasteiger partial charge in [-0.15, -0.1) is 11.3 Å². The molecule has 1 aromatic rings. The topological polar surface area (TPSA) is 68.0 Å². The summed E-state index contributed by atoms with van der Waals surface area (Å²) < 4.78 is 0. The summed E-state index contributed by atoms with van der Waals surface area (Å²) in [6.07, 6.45) is 0. The van der Waals surface area contributed by atoms with Crippen molar-refractivity contribution in [3.63, 3.8) is 0 Å². The number of amides is 1. The van der Waals surface area contributed by atoms with Crippen molar-refractivity contribution < 1.29 is 4.79 Å². The first-order valence-corrected chi connectivity index (χ1v) is 4.35. The Morgan fingerprint density at radius 2 is 2.64 bits per heavy atom. The van der Waals surface area contributed by atoms with Crippen molar-refractivity contribution in [2.24, 2.45) is 5.84 Å². The van der Waals surface area contributed by atoms with E-state index in [2.05, 4.69) is 17.6 Å². The zero-order valence-electron chi connectivity index (χ0n) is 5.57. The lowest BCUT2D eigenvalue weighted by Crippen LogP contribution is -2.29. The quantitative estimate of drug-likeness (QED) is 0.269. The highest BCUT2D eigenvalue weighted by atomic mass is 32.1. The van der Waals surface area contributed by atoms with Crippen molar-refractivity contribution >= 4 is 29.9 Å². The van der Waals surface area contributed by atoms with Gasteiger partial charge in [0.05, 0.1) is 5.69 Å². The number of nitrogen functional groups attached to an aromatic ring is 1. The summed E-state index contributed by atoms with van der Waals surface area (Å²) in [5, 5.41) is 2.15. The number of carbonyl (C=O) groups is 1. The number of thiazole rings is 1. The smallest absolute Gasteiger partial charge is 0.288 e. The molecule has 0 saturated carbocycles. The molecule has 6 heteroatoms. The first-order chi connectivity index (χ1) is 5.27. The van der Waals surface area contributed by atoms with Gasteiger partial charge >= 0.3 is 0 Å². The zero-order valence-corrected chi connectivity index (χ0v) is 7.28. The van der Waals surface area contributed by atoms with Crippen LogP contribution in [0, 0.1) is 0 Å². The number of nitrogens with zero attached hydrogens (tertiary/aromatic N) is 1. The molecule has 0 aliphatic heterocycles. The maximum atomic E-state index is 10.8. The standard InChI is InChI=1S/C5H7N3OS2/c6-8-4(9)5-7-3(1-10)2-11-5/h2,10H,1,6H2,(H,8,9). The van der Waals surface area contributed by atoms with Crippen LogP contribution < -0.4 is 11.3 Å². The lowest BCUT2D eigenvalue weighted by Gasteiger charge is -1.90. The van der Waals surface area contributed by atoms with Crippen LogP contribution in [0.2, 0.25) is 0 Å². The van der Waals surface area contributed by atoms with Gasteiger partial charge in [-0.3, -0.25) is 10.2 Å². The van der Waals surface area contributed by atoms with Crippen molar-refractivity contribution in [1.29, 1.82) is 0 Å². The summed E-state index contributed by atoms with van der Waals surface area (Å²) in [5.41, 5.74) is 2.79. The second kappa shape index (κ2) is 3.70. The molecule has 0 atom stereocenters. The summed E-state index contributed by atoms with van der Waals surface area (Å²) in [7, 11) is 0. The Bertz CT molecular complexity index is 260. The van der Waals surface area contributed by atoms with Gasteiger partial charge in [-0.1, -0.05) is 0 Å². The molecule has 0 bridgehead atoms. The average Bonchev–Trinajstić information content (AvgIpc) is 2.50. The minimum Gasteiger partial charge on any atom is -0.288 e. The van der Waals surface area contributed by atoms with E-state index in [0.29, 0.717) is 10.8 Å². The summed E-state index contributed by atoms with van der Waals surface area (Å²) in [5.74, 6) is 5.08. The Labute approximate surface area is 73.2 Å². The highest BCUT2D eigenvalue weighted by Gasteiger charge is 2.07. The highest BCUT2D eigenvalue weighted by molar-refractivity contribution is 7.79. The van der Waals surface area contributed by atoms with Crippen LogP contribution in [0.15, 0.2) is 5.38 Å². The summed E-state index contributed by atoms with van der Waals surface area (Å²) in [6.45, 7) is 0. The number of nitrogens with two attached hydrogens (primary N) is 1.